The van der Waals surface area contributed by atoms with Crippen molar-refractivity contribution in [1.29, 1.82) is 0 Å². The number of nitrogens with one attached hydrogen (secondary N) is 1. The van der Waals surface area contributed by atoms with E-state index in [0.29, 0.717) is 23.7 Å². The summed E-state index contributed by atoms with van der Waals surface area (Å²) in [4.78, 5) is 17.6. The molecule has 0 radical (unpaired) electrons. The second kappa shape index (κ2) is 10.7. The molecular weight excluding hydrogens is 463 g/mol. The number of Topliss-reactive ketones (excluding diaryl/α,β-unsaturated/α-hetero) is 1. The van der Waals surface area contributed by atoms with Crippen molar-refractivity contribution in [2.45, 2.75) is 45.6 Å². The molecule has 3 heterocycles. The molecule has 1 aliphatic rings. The standard InChI is InChI=1S/C27H29FN4O2S/c1-2-8-29-10-11-32-17-20(16-31-32)26-15-23-27(35-26)25(7-9-30-23)34-24-6-5-19(14-22(24)28)13-21(33)12-18-3-4-18/h5-7,9,14-18,29H,2-4,8,10-13H2,1H3. The van der Waals surface area contributed by atoms with Crippen LogP contribution >= 0.6 is 11.3 Å². The second-order valence-corrected chi connectivity index (χ2v) is 10.2. The SMILES string of the molecule is CCCNCCn1cc(-c2cc3nccc(Oc4ccc(CC(=O)CC5CC5)cc4F)c3s2)cn1. The lowest BCUT2D eigenvalue weighted by atomic mass is 10.0. The Hall–Kier alpha value is -3.10. The Bertz CT molecular complexity index is 1330. The number of nitrogens with zero attached hydrogens (tertiary/aromatic N) is 3. The van der Waals surface area contributed by atoms with Gasteiger partial charge in [-0.25, -0.2) is 4.39 Å². The number of halogens is 1. The monoisotopic (exact) mass is 492 g/mol. The molecule has 5 rings (SSSR count). The third kappa shape index (κ3) is 5.94. The van der Waals surface area contributed by atoms with Crippen molar-refractivity contribution in [2.75, 3.05) is 13.1 Å². The minimum Gasteiger partial charge on any atom is -0.453 e. The molecule has 0 saturated heterocycles. The highest BCUT2D eigenvalue weighted by atomic mass is 32.1. The molecule has 0 aliphatic heterocycles. The highest BCUT2D eigenvalue weighted by Gasteiger charge is 2.24. The van der Waals surface area contributed by atoms with Gasteiger partial charge >= 0.3 is 0 Å². The van der Waals surface area contributed by atoms with E-state index < -0.39 is 5.82 Å². The Morgan fingerprint density at radius 2 is 2.11 bits per heavy atom. The van der Waals surface area contributed by atoms with Gasteiger partial charge < -0.3 is 10.1 Å². The van der Waals surface area contributed by atoms with E-state index >= 15 is 0 Å². The number of pyridine rings is 1. The number of aromatic nitrogens is 3. The molecule has 1 aromatic carbocycles. The van der Waals surface area contributed by atoms with Gasteiger partial charge in [0.1, 0.15) is 11.5 Å². The summed E-state index contributed by atoms with van der Waals surface area (Å²) in [5.41, 5.74) is 2.49. The third-order valence-electron chi connectivity index (χ3n) is 6.07. The highest BCUT2D eigenvalue weighted by Crippen LogP contribution is 2.39. The Morgan fingerprint density at radius 1 is 1.23 bits per heavy atom. The first-order valence-corrected chi connectivity index (χ1v) is 13.0. The second-order valence-electron chi connectivity index (χ2n) is 9.11. The first-order chi connectivity index (χ1) is 17.1. The van der Waals surface area contributed by atoms with Crippen molar-refractivity contribution in [1.82, 2.24) is 20.1 Å². The maximum Gasteiger partial charge on any atom is 0.166 e. The number of hydrogen-bond acceptors (Lipinski definition) is 6. The van der Waals surface area contributed by atoms with Crippen LogP contribution in [-0.4, -0.2) is 33.6 Å². The van der Waals surface area contributed by atoms with E-state index in [1.807, 2.05) is 23.1 Å². The van der Waals surface area contributed by atoms with Crippen molar-refractivity contribution in [3.63, 3.8) is 0 Å². The van der Waals surface area contributed by atoms with Crippen LogP contribution in [0.3, 0.4) is 0 Å². The molecule has 6 nitrogen and oxygen atoms in total. The van der Waals surface area contributed by atoms with Crippen LogP contribution < -0.4 is 10.1 Å². The van der Waals surface area contributed by atoms with Crippen LogP contribution in [0, 0.1) is 11.7 Å². The number of carbonyl (C=O) groups excluding carboxylic acids is 1. The molecule has 1 N–H and O–H groups in total. The van der Waals surface area contributed by atoms with Gasteiger partial charge in [0.05, 0.1) is 23.0 Å². The molecule has 35 heavy (non-hydrogen) atoms. The van der Waals surface area contributed by atoms with E-state index in [0.717, 1.165) is 59.6 Å². The molecule has 1 fully saturated rings. The lowest BCUT2D eigenvalue weighted by molar-refractivity contribution is -0.118. The molecule has 0 atom stereocenters. The molecule has 4 aromatic rings. The van der Waals surface area contributed by atoms with Gasteiger partial charge in [0.25, 0.3) is 0 Å². The molecule has 0 amide bonds. The fraction of sp³-hybridized carbons (Fsp3) is 0.370. The molecule has 0 spiro atoms. The van der Waals surface area contributed by atoms with Crippen molar-refractivity contribution in [3.05, 3.63) is 60.3 Å². The van der Waals surface area contributed by atoms with E-state index in [4.69, 9.17) is 4.74 Å². The number of rotatable bonds is 12. The van der Waals surface area contributed by atoms with Gasteiger partial charge in [0.15, 0.2) is 11.6 Å². The molecule has 8 heteroatoms. The predicted octanol–water partition coefficient (Wildman–Crippen LogP) is 6.00. The molecule has 3 aromatic heterocycles. The Balaban J connectivity index is 1.30. The van der Waals surface area contributed by atoms with Gasteiger partial charge in [0.2, 0.25) is 0 Å². The van der Waals surface area contributed by atoms with Crippen molar-refractivity contribution in [2.24, 2.45) is 5.92 Å². The fourth-order valence-corrected chi connectivity index (χ4v) is 5.09. The van der Waals surface area contributed by atoms with Gasteiger partial charge in [-0.1, -0.05) is 13.0 Å². The summed E-state index contributed by atoms with van der Waals surface area (Å²) < 4.78 is 23.6. The zero-order valence-corrected chi connectivity index (χ0v) is 20.6. The van der Waals surface area contributed by atoms with Crippen molar-refractivity contribution >= 4 is 27.3 Å². The van der Waals surface area contributed by atoms with Crippen LogP contribution in [0.25, 0.3) is 20.7 Å². The van der Waals surface area contributed by atoms with E-state index in [-0.39, 0.29) is 18.0 Å². The van der Waals surface area contributed by atoms with Crippen LogP contribution in [0.2, 0.25) is 0 Å². The highest BCUT2D eigenvalue weighted by molar-refractivity contribution is 7.22. The van der Waals surface area contributed by atoms with Crippen molar-refractivity contribution in [3.8, 4) is 21.9 Å². The summed E-state index contributed by atoms with van der Waals surface area (Å²) in [5.74, 6) is 0.929. The Kier molecular flexibility index (Phi) is 7.20. The molecule has 182 valence electrons. The quantitative estimate of drug-likeness (QED) is 0.246. The Morgan fingerprint density at radius 3 is 2.91 bits per heavy atom. The fourth-order valence-electron chi connectivity index (χ4n) is 4.05. The predicted molar refractivity (Wildman–Crippen MR) is 137 cm³/mol. The van der Waals surface area contributed by atoms with E-state index in [2.05, 4.69) is 22.3 Å². The molecular formula is C27H29FN4O2S. The molecule has 0 unspecified atom stereocenters. The zero-order chi connectivity index (χ0) is 24.2. The summed E-state index contributed by atoms with van der Waals surface area (Å²) in [6.07, 6.45) is 9.80. The molecule has 0 bridgehead atoms. The van der Waals surface area contributed by atoms with Crippen molar-refractivity contribution < 1.29 is 13.9 Å². The number of carbonyl (C=O) groups is 1. The molecule has 1 aliphatic carbocycles. The smallest absolute Gasteiger partial charge is 0.166 e. The van der Waals surface area contributed by atoms with Crippen LogP contribution in [0.1, 0.15) is 38.2 Å². The maximum absolute atomic E-state index is 14.8. The number of hydrogen-bond donors (Lipinski definition) is 1. The summed E-state index contributed by atoms with van der Waals surface area (Å²) in [6, 6.07) is 8.53. The first-order valence-electron chi connectivity index (χ1n) is 12.2. The lowest BCUT2D eigenvalue weighted by Gasteiger charge is -2.09. The normalized spacial score (nSPS) is 13.4. The topological polar surface area (TPSA) is 69.0 Å². The number of ether oxygens (including phenoxy) is 1. The lowest BCUT2D eigenvalue weighted by Crippen LogP contribution is -2.20. The minimum atomic E-state index is -0.471. The summed E-state index contributed by atoms with van der Waals surface area (Å²) in [6.45, 7) is 4.83. The van der Waals surface area contributed by atoms with Gasteiger partial charge in [-0.3, -0.25) is 14.5 Å². The van der Waals surface area contributed by atoms with Crippen LogP contribution in [0.5, 0.6) is 11.5 Å². The van der Waals surface area contributed by atoms with E-state index in [9.17, 15) is 9.18 Å². The number of fused-ring (bicyclic) bond motifs is 1. The van der Waals surface area contributed by atoms with Gasteiger partial charge in [-0.05, 0) is 55.5 Å². The van der Waals surface area contributed by atoms with Crippen LogP contribution in [-0.2, 0) is 17.8 Å². The van der Waals surface area contributed by atoms with Gasteiger partial charge in [0, 0.05) is 48.3 Å². The summed E-state index contributed by atoms with van der Waals surface area (Å²) in [5, 5.41) is 7.85. The summed E-state index contributed by atoms with van der Waals surface area (Å²) >= 11 is 1.55. The number of ketones is 1. The maximum atomic E-state index is 14.8. The first kappa shape index (κ1) is 23.6. The average molecular weight is 493 g/mol. The van der Waals surface area contributed by atoms with E-state index in [1.165, 1.54) is 6.07 Å². The average Bonchev–Trinajstić information content (AvgIpc) is 3.34. The van der Waals surface area contributed by atoms with Gasteiger partial charge in [-0.2, -0.15) is 5.10 Å². The minimum absolute atomic E-state index is 0.137. The Labute approximate surface area is 208 Å². The zero-order valence-electron chi connectivity index (χ0n) is 19.8. The van der Waals surface area contributed by atoms with Gasteiger partial charge in [-0.15, -0.1) is 11.3 Å². The summed E-state index contributed by atoms with van der Waals surface area (Å²) in [7, 11) is 0. The molecule has 1 saturated carbocycles. The van der Waals surface area contributed by atoms with Crippen LogP contribution in [0.15, 0.2) is 48.9 Å². The van der Waals surface area contributed by atoms with E-state index in [1.54, 1.807) is 35.7 Å². The largest absolute Gasteiger partial charge is 0.453 e. The number of benzene rings is 1. The van der Waals surface area contributed by atoms with Crippen LogP contribution in [0.4, 0.5) is 4.39 Å². The number of thiophene rings is 1. The third-order valence-corrected chi connectivity index (χ3v) is 7.26.